The Labute approximate surface area is 154 Å². The van der Waals surface area contributed by atoms with Gasteiger partial charge in [0.25, 0.3) is 0 Å². The first-order valence-corrected chi connectivity index (χ1v) is 9.06. The molecule has 0 spiro atoms. The monoisotopic (exact) mass is 361 g/mol. The minimum atomic E-state index is -0.293. The lowest BCUT2D eigenvalue weighted by atomic mass is 10.1. The molecule has 1 aliphatic rings. The third-order valence-corrected chi connectivity index (χ3v) is 4.66. The Hall–Kier alpha value is -2.21. The fourth-order valence-electron chi connectivity index (χ4n) is 3.21. The van der Waals surface area contributed by atoms with E-state index in [9.17, 15) is 14.0 Å². The molecule has 26 heavy (non-hydrogen) atoms. The maximum absolute atomic E-state index is 12.9. The van der Waals surface area contributed by atoms with Crippen molar-refractivity contribution >= 4 is 17.4 Å². The van der Waals surface area contributed by atoms with E-state index in [0.29, 0.717) is 6.54 Å². The van der Waals surface area contributed by atoms with Crippen molar-refractivity contribution in [2.45, 2.75) is 32.2 Å². The van der Waals surface area contributed by atoms with E-state index >= 15 is 0 Å². The van der Waals surface area contributed by atoms with Gasteiger partial charge in [0.1, 0.15) is 5.82 Å². The zero-order chi connectivity index (χ0) is 19.1. The minimum Gasteiger partial charge on any atom is -0.352 e. The van der Waals surface area contributed by atoms with Crippen LogP contribution in [0.2, 0.25) is 0 Å². The first kappa shape index (κ1) is 20.1. The van der Waals surface area contributed by atoms with Gasteiger partial charge >= 0.3 is 0 Å². The number of carbonyl (C=O) groups excluding carboxylic acids is 2. The number of likely N-dealkylation sites (tertiary alicyclic amines) is 1. The van der Waals surface area contributed by atoms with Crippen molar-refractivity contribution in [3.8, 4) is 0 Å². The lowest BCUT2D eigenvalue weighted by Crippen LogP contribution is -2.43. The van der Waals surface area contributed by atoms with Crippen molar-refractivity contribution in [3.63, 3.8) is 0 Å². The van der Waals surface area contributed by atoms with Crippen molar-refractivity contribution in [3.05, 3.63) is 41.7 Å². The second-order valence-corrected chi connectivity index (χ2v) is 6.91. The number of hydrogen-bond donors (Lipinski definition) is 1. The Morgan fingerprint density at radius 3 is 2.65 bits per heavy atom. The van der Waals surface area contributed by atoms with E-state index in [1.165, 1.54) is 18.2 Å². The summed E-state index contributed by atoms with van der Waals surface area (Å²) < 4.78 is 12.9. The van der Waals surface area contributed by atoms with Crippen LogP contribution in [0.1, 0.15) is 31.7 Å². The molecular formula is C20H28FN3O2. The minimum absolute atomic E-state index is 0.0266. The van der Waals surface area contributed by atoms with Crippen molar-refractivity contribution in [2.24, 2.45) is 0 Å². The summed E-state index contributed by atoms with van der Waals surface area (Å²) in [4.78, 5) is 28.0. The molecule has 0 aliphatic carbocycles. The molecular weight excluding hydrogens is 333 g/mol. The maximum Gasteiger partial charge on any atom is 0.244 e. The van der Waals surface area contributed by atoms with Crippen LogP contribution in [0.25, 0.3) is 5.57 Å². The number of hydrogen-bond acceptors (Lipinski definition) is 3. The number of rotatable bonds is 7. The molecule has 2 amide bonds. The van der Waals surface area contributed by atoms with Gasteiger partial charge in [-0.3, -0.25) is 14.5 Å². The molecule has 0 aromatic heterocycles. The van der Waals surface area contributed by atoms with Gasteiger partial charge < -0.3 is 10.2 Å². The van der Waals surface area contributed by atoms with Gasteiger partial charge in [-0.2, -0.15) is 0 Å². The number of allylic oxidation sites excluding steroid dienone is 1. The van der Waals surface area contributed by atoms with Gasteiger partial charge in [-0.1, -0.05) is 12.1 Å². The number of carbonyl (C=O) groups is 2. The Balaban J connectivity index is 1.75. The standard InChI is InChI=1S/C20H28FN3O2/c1-15(16-7-9-17(21)10-8-16)14-19(25)22-11-5-13-24-12-4-6-18(24)20(26)23(2)3/h7-10,14,18H,4-6,11-13H2,1-3H3,(H,22,25). The predicted molar refractivity (Wildman–Crippen MR) is 101 cm³/mol. The number of nitrogens with zero attached hydrogens (tertiary/aromatic N) is 2. The summed E-state index contributed by atoms with van der Waals surface area (Å²) in [6, 6.07) is 6.05. The van der Waals surface area contributed by atoms with Crippen LogP contribution in [0.4, 0.5) is 4.39 Å². The van der Waals surface area contributed by atoms with Gasteiger partial charge in [-0.05, 0) is 56.0 Å². The summed E-state index contributed by atoms with van der Waals surface area (Å²) in [6.45, 7) is 4.12. The number of benzene rings is 1. The number of nitrogens with one attached hydrogen (secondary N) is 1. The smallest absolute Gasteiger partial charge is 0.244 e. The average Bonchev–Trinajstić information content (AvgIpc) is 3.06. The third-order valence-electron chi connectivity index (χ3n) is 4.66. The van der Waals surface area contributed by atoms with Crippen molar-refractivity contribution in [2.75, 3.05) is 33.7 Å². The van der Waals surface area contributed by atoms with Gasteiger partial charge in [-0.25, -0.2) is 4.39 Å². The van der Waals surface area contributed by atoms with Crippen LogP contribution in [0.15, 0.2) is 30.3 Å². The van der Waals surface area contributed by atoms with Crippen LogP contribution in [0.5, 0.6) is 0 Å². The van der Waals surface area contributed by atoms with Crippen LogP contribution >= 0.6 is 0 Å². The van der Waals surface area contributed by atoms with E-state index in [1.54, 1.807) is 31.1 Å². The Bertz CT molecular complexity index is 656. The van der Waals surface area contributed by atoms with E-state index in [1.807, 2.05) is 6.92 Å². The SMILES string of the molecule is CC(=CC(=O)NCCCN1CCCC1C(=O)N(C)C)c1ccc(F)cc1. The molecule has 1 unspecified atom stereocenters. The highest BCUT2D eigenvalue weighted by Crippen LogP contribution is 2.18. The molecule has 6 heteroatoms. The second kappa shape index (κ2) is 9.48. The molecule has 1 atom stereocenters. The van der Waals surface area contributed by atoms with Gasteiger partial charge in [0.05, 0.1) is 6.04 Å². The second-order valence-electron chi connectivity index (χ2n) is 6.91. The highest BCUT2D eigenvalue weighted by Gasteiger charge is 2.30. The van der Waals surface area contributed by atoms with E-state index in [-0.39, 0.29) is 23.7 Å². The predicted octanol–water partition coefficient (Wildman–Crippen LogP) is 2.29. The van der Waals surface area contributed by atoms with E-state index in [4.69, 9.17) is 0 Å². The van der Waals surface area contributed by atoms with Gasteiger partial charge in [-0.15, -0.1) is 0 Å². The molecule has 1 saturated heterocycles. The maximum atomic E-state index is 12.9. The average molecular weight is 361 g/mol. The first-order valence-electron chi connectivity index (χ1n) is 9.06. The summed E-state index contributed by atoms with van der Waals surface area (Å²) in [5.41, 5.74) is 1.61. The molecule has 1 heterocycles. The molecule has 0 bridgehead atoms. The Kier molecular flexibility index (Phi) is 7.33. The first-order chi connectivity index (χ1) is 12.4. The third kappa shape index (κ3) is 5.66. The summed E-state index contributed by atoms with van der Waals surface area (Å²) >= 11 is 0. The quantitative estimate of drug-likeness (QED) is 0.599. The van der Waals surface area contributed by atoms with Crippen LogP contribution in [0.3, 0.4) is 0 Å². The summed E-state index contributed by atoms with van der Waals surface area (Å²) in [5, 5.41) is 2.87. The highest BCUT2D eigenvalue weighted by atomic mass is 19.1. The van der Waals surface area contributed by atoms with Crippen molar-refractivity contribution in [1.82, 2.24) is 15.1 Å². The summed E-state index contributed by atoms with van der Waals surface area (Å²) in [7, 11) is 3.57. The molecule has 5 nitrogen and oxygen atoms in total. The Morgan fingerprint density at radius 2 is 2.00 bits per heavy atom. The lowest BCUT2D eigenvalue weighted by molar-refractivity contribution is -0.133. The van der Waals surface area contributed by atoms with Crippen molar-refractivity contribution in [1.29, 1.82) is 0 Å². The number of likely N-dealkylation sites (N-methyl/N-ethyl adjacent to an activating group) is 1. The van der Waals surface area contributed by atoms with Gasteiger partial charge in [0.2, 0.25) is 11.8 Å². The molecule has 1 aromatic rings. The number of halogens is 1. The van der Waals surface area contributed by atoms with Crippen LogP contribution in [-0.4, -0.2) is 61.4 Å². The normalized spacial score (nSPS) is 18.0. The zero-order valence-corrected chi connectivity index (χ0v) is 15.8. The molecule has 2 rings (SSSR count). The summed E-state index contributed by atoms with van der Waals surface area (Å²) in [6.07, 6.45) is 4.27. The van der Waals surface area contributed by atoms with Crippen LogP contribution in [0, 0.1) is 5.82 Å². The molecule has 1 aromatic carbocycles. The molecule has 1 N–H and O–H groups in total. The Morgan fingerprint density at radius 1 is 1.31 bits per heavy atom. The zero-order valence-electron chi connectivity index (χ0n) is 15.8. The summed E-state index contributed by atoms with van der Waals surface area (Å²) in [5.74, 6) is -0.294. The molecule has 0 radical (unpaired) electrons. The molecule has 142 valence electrons. The van der Waals surface area contributed by atoms with E-state index in [2.05, 4.69) is 10.2 Å². The van der Waals surface area contributed by atoms with Crippen LogP contribution in [-0.2, 0) is 9.59 Å². The molecule has 1 fully saturated rings. The number of amides is 2. The topological polar surface area (TPSA) is 52.7 Å². The van der Waals surface area contributed by atoms with Gasteiger partial charge in [0.15, 0.2) is 0 Å². The van der Waals surface area contributed by atoms with E-state index < -0.39 is 0 Å². The lowest BCUT2D eigenvalue weighted by Gasteiger charge is -2.25. The molecule has 1 aliphatic heterocycles. The fourth-order valence-corrected chi connectivity index (χ4v) is 3.21. The largest absolute Gasteiger partial charge is 0.352 e. The van der Waals surface area contributed by atoms with Gasteiger partial charge in [0, 0.05) is 33.3 Å². The fraction of sp³-hybridized carbons (Fsp3) is 0.500. The highest BCUT2D eigenvalue weighted by molar-refractivity contribution is 5.94. The van der Waals surface area contributed by atoms with E-state index in [0.717, 1.165) is 43.5 Å². The molecule has 0 saturated carbocycles. The van der Waals surface area contributed by atoms with Crippen LogP contribution < -0.4 is 5.32 Å². The van der Waals surface area contributed by atoms with Crippen molar-refractivity contribution < 1.29 is 14.0 Å².